The van der Waals surface area contributed by atoms with Gasteiger partial charge in [-0.15, -0.1) is 0 Å². The average molecular weight is 425 g/mol. The fourth-order valence-corrected chi connectivity index (χ4v) is 3.80. The zero-order valence-electron chi connectivity index (χ0n) is 17.5. The Kier molecular flexibility index (Phi) is 5.48. The smallest absolute Gasteiger partial charge is 0.243 e. The summed E-state index contributed by atoms with van der Waals surface area (Å²) in [6.07, 6.45) is 7.85. The van der Waals surface area contributed by atoms with Gasteiger partial charge in [-0.25, -0.2) is 9.67 Å². The van der Waals surface area contributed by atoms with Crippen molar-refractivity contribution in [2.75, 3.05) is 28.6 Å². The van der Waals surface area contributed by atoms with E-state index in [4.69, 9.17) is 0 Å². The van der Waals surface area contributed by atoms with Gasteiger partial charge in [0.2, 0.25) is 5.91 Å². The van der Waals surface area contributed by atoms with Gasteiger partial charge < -0.3 is 15.5 Å². The summed E-state index contributed by atoms with van der Waals surface area (Å²) in [6, 6.07) is 17.9. The van der Waals surface area contributed by atoms with Gasteiger partial charge in [-0.05, 0) is 41.8 Å². The van der Waals surface area contributed by atoms with Crippen LogP contribution in [0.1, 0.15) is 11.1 Å². The molecule has 0 spiro atoms. The van der Waals surface area contributed by atoms with Crippen LogP contribution in [0.5, 0.6) is 0 Å². The normalized spacial score (nSPS) is 12.4. The van der Waals surface area contributed by atoms with Gasteiger partial charge in [0.15, 0.2) is 5.82 Å². The van der Waals surface area contributed by atoms with Crippen LogP contribution in [-0.4, -0.2) is 38.7 Å². The quantitative estimate of drug-likeness (QED) is 0.473. The topological polar surface area (TPSA) is 88.0 Å². The van der Waals surface area contributed by atoms with Crippen LogP contribution in [-0.2, 0) is 17.8 Å². The molecule has 2 N–H and O–H groups in total. The Morgan fingerprint density at radius 2 is 1.91 bits per heavy atom. The number of amides is 1. The van der Waals surface area contributed by atoms with Crippen molar-refractivity contribution in [2.45, 2.75) is 13.0 Å². The van der Waals surface area contributed by atoms with Crippen molar-refractivity contribution in [2.24, 2.45) is 0 Å². The van der Waals surface area contributed by atoms with Crippen LogP contribution >= 0.6 is 0 Å². The van der Waals surface area contributed by atoms with Crippen molar-refractivity contribution in [3.05, 3.63) is 90.5 Å². The molecule has 2 aromatic carbocycles. The first kappa shape index (κ1) is 19.7. The number of hydrogen-bond acceptors (Lipinski definition) is 6. The fourth-order valence-electron chi connectivity index (χ4n) is 3.80. The van der Waals surface area contributed by atoms with Crippen molar-refractivity contribution >= 4 is 23.1 Å². The summed E-state index contributed by atoms with van der Waals surface area (Å²) in [4.78, 5) is 23.4. The molecule has 8 heteroatoms. The maximum atomic E-state index is 12.5. The lowest BCUT2D eigenvalue weighted by Gasteiger charge is -2.18. The molecule has 0 atom stereocenters. The summed E-state index contributed by atoms with van der Waals surface area (Å²) in [7, 11) is 0. The van der Waals surface area contributed by atoms with Crippen LogP contribution in [0.25, 0.3) is 5.82 Å². The van der Waals surface area contributed by atoms with Crippen molar-refractivity contribution < 1.29 is 4.79 Å². The standard InChI is InChI=1S/C24H23N7O/c32-24(17-30-13-10-19-4-1-2-5-21(19)30)28-20-8-6-18(7-9-20)14-26-22-15-25-16-23(29-22)31-12-3-11-27-31/h1-9,11-12,15-16H,10,13-14,17H2,(H,26,29)(H,28,32). The lowest BCUT2D eigenvalue weighted by Crippen LogP contribution is -2.31. The molecule has 160 valence electrons. The van der Waals surface area contributed by atoms with E-state index in [1.165, 1.54) is 5.56 Å². The molecule has 3 heterocycles. The zero-order valence-corrected chi connectivity index (χ0v) is 17.5. The Hall–Kier alpha value is -4.20. The van der Waals surface area contributed by atoms with Gasteiger partial charge in [0.1, 0.15) is 5.82 Å². The predicted molar refractivity (Wildman–Crippen MR) is 124 cm³/mol. The predicted octanol–water partition coefficient (Wildman–Crippen LogP) is 3.28. The third-order valence-electron chi connectivity index (χ3n) is 5.39. The molecule has 32 heavy (non-hydrogen) atoms. The molecule has 0 fully saturated rings. The van der Waals surface area contributed by atoms with Crippen molar-refractivity contribution in [1.29, 1.82) is 0 Å². The average Bonchev–Trinajstić information content (AvgIpc) is 3.50. The first-order chi connectivity index (χ1) is 15.7. The van der Waals surface area contributed by atoms with Crippen molar-refractivity contribution in [1.82, 2.24) is 19.7 Å². The van der Waals surface area contributed by atoms with E-state index in [1.807, 2.05) is 48.7 Å². The van der Waals surface area contributed by atoms with E-state index < -0.39 is 0 Å². The van der Waals surface area contributed by atoms with E-state index in [9.17, 15) is 4.79 Å². The highest BCUT2D eigenvalue weighted by Crippen LogP contribution is 2.27. The maximum Gasteiger partial charge on any atom is 0.243 e. The number of nitrogens with one attached hydrogen (secondary N) is 2. The lowest BCUT2D eigenvalue weighted by atomic mass is 10.2. The summed E-state index contributed by atoms with van der Waals surface area (Å²) >= 11 is 0. The SMILES string of the molecule is O=C(CN1CCc2ccccc21)Nc1ccc(CNc2cncc(-n3cccn3)n2)cc1. The van der Waals surface area contributed by atoms with Crippen LogP contribution in [0.4, 0.5) is 17.2 Å². The lowest BCUT2D eigenvalue weighted by molar-refractivity contribution is -0.115. The van der Waals surface area contributed by atoms with Crippen LogP contribution in [0.2, 0.25) is 0 Å². The van der Waals surface area contributed by atoms with Gasteiger partial charge in [0.05, 0.1) is 18.9 Å². The Balaban J connectivity index is 1.15. The van der Waals surface area contributed by atoms with Gasteiger partial charge in [0, 0.05) is 36.9 Å². The minimum Gasteiger partial charge on any atom is -0.365 e. The third-order valence-corrected chi connectivity index (χ3v) is 5.39. The summed E-state index contributed by atoms with van der Waals surface area (Å²) < 4.78 is 1.66. The second-order valence-corrected chi connectivity index (χ2v) is 7.61. The Morgan fingerprint density at radius 1 is 1.03 bits per heavy atom. The molecule has 0 bridgehead atoms. The second kappa shape index (κ2) is 8.89. The van der Waals surface area contributed by atoms with E-state index in [0.29, 0.717) is 24.7 Å². The van der Waals surface area contributed by atoms with E-state index in [-0.39, 0.29) is 5.91 Å². The molecule has 0 saturated carbocycles. The number of anilines is 3. The first-order valence-electron chi connectivity index (χ1n) is 10.5. The fraction of sp³-hybridized carbons (Fsp3) is 0.167. The molecule has 4 aromatic rings. The van der Waals surface area contributed by atoms with Crippen molar-refractivity contribution in [3.63, 3.8) is 0 Å². The van der Waals surface area contributed by atoms with Gasteiger partial charge in [-0.2, -0.15) is 5.10 Å². The summed E-state index contributed by atoms with van der Waals surface area (Å²) in [5, 5.41) is 10.4. The number of fused-ring (bicyclic) bond motifs is 1. The molecule has 1 aliphatic rings. The number of para-hydroxylation sites is 1. The molecule has 0 aliphatic carbocycles. The van der Waals surface area contributed by atoms with E-state index >= 15 is 0 Å². The minimum atomic E-state index is -0.0155. The highest BCUT2D eigenvalue weighted by Gasteiger charge is 2.20. The van der Waals surface area contributed by atoms with Gasteiger partial charge >= 0.3 is 0 Å². The van der Waals surface area contributed by atoms with Crippen LogP contribution in [0, 0.1) is 0 Å². The Bertz CT molecular complexity index is 1210. The van der Waals surface area contributed by atoms with Crippen LogP contribution in [0.15, 0.2) is 79.4 Å². The molecule has 0 radical (unpaired) electrons. The molecule has 0 unspecified atom stereocenters. The largest absolute Gasteiger partial charge is 0.365 e. The number of rotatable bonds is 7. The van der Waals surface area contributed by atoms with E-state index in [1.54, 1.807) is 23.3 Å². The summed E-state index contributed by atoms with van der Waals surface area (Å²) in [6.45, 7) is 1.82. The second-order valence-electron chi connectivity index (χ2n) is 7.61. The van der Waals surface area contributed by atoms with Crippen LogP contribution < -0.4 is 15.5 Å². The van der Waals surface area contributed by atoms with Crippen molar-refractivity contribution in [3.8, 4) is 5.82 Å². The number of carbonyl (C=O) groups is 1. The molecular weight excluding hydrogens is 402 g/mol. The Labute approximate surface area is 185 Å². The maximum absolute atomic E-state index is 12.5. The summed E-state index contributed by atoms with van der Waals surface area (Å²) in [5.74, 6) is 1.30. The van der Waals surface area contributed by atoms with Gasteiger partial charge in [-0.1, -0.05) is 30.3 Å². The number of nitrogens with zero attached hydrogens (tertiary/aromatic N) is 5. The molecule has 0 saturated heterocycles. The number of hydrogen-bond donors (Lipinski definition) is 2. The number of benzene rings is 2. The molecule has 1 amide bonds. The van der Waals surface area contributed by atoms with Gasteiger partial charge in [-0.3, -0.25) is 9.78 Å². The first-order valence-corrected chi connectivity index (χ1v) is 10.5. The van der Waals surface area contributed by atoms with Gasteiger partial charge in [0.25, 0.3) is 0 Å². The highest BCUT2D eigenvalue weighted by molar-refractivity contribution is 5.94. The molecule has 5 rings (SSSR count). The van der Waals surface area contributed by atoms with E-state index in [2.05, 4.69) is 42.7 Å². The third kappa shape index (κ3) is 4.44. The molecule has 2 aromatic heterocycles. The monoisotopic (exact) mass is 425 g/mol. The van der Waals surface area contributed by atoms with Crippen LogP contribution in [0.3, 0.4) is 0 Å². The molecule has 8 nitrogen and oxygen atoms in total. The summed E-state index contributed by atoms with van der Waals surface area (Å²) in [5.41, 5.74) is 4.32. The zero-order chi connectivity index (χ0) is 21.8. The van der Waals surface area contributed by atoms with E-state index in [0.717, 1.165) is 29.9 Å². The molecular formula is C24H23N7O. The minimum absolute atomic E-state index is 0.0155. The number of aromatic nitrogens is 4. The molecule has 1 aliphatic heterocycles. The number of carbonyl (C=O) groups excluding carboxylic acids is 1. The Morgan fingerprint density at radius 3 is 2.75 bits per heavy atom. The highest BCUT2D eigenvalue weighted by atomic mass is 16.2.